The van der Waals surface area contributed by atoms with Crippen molar-refractivity contribution in [1.29, 1.82) is 0 Å². The Bertz CT molecular complexity index is 3690. The van der Waals surface area contributed by atoms with Crippen LogP contribution >= 0.6 is 0 Å². The zero-order valence-corrected chi connectivity index (χ0v) is 34.9. The lowest BCUT2D eigenvalue weighted by atomic mass is 9.67. The van der Waals surface area contributed by atoms with Gasteiger partial charge < -0.3 is 13.9 Å². The Balaban J connectivity index is 0.998. The number of furan rings is 1. The molecule has 0 aliphatic heterocycles. The van der Waals surface area contributed by atoms with E-state index in [0.717, 1.165) is 66.8 Å². The van der Waals surface area contributed by atoms with Gasteiger partial charge in [-0.1, -0.05) is 176 Å². The van der Waals surface area contributed by atoms with Crippen LogP contribution in [-0.4, -0.2) is 4.57 Å². The summed E-state index contributed by atoms with van der Waals surface area (Å²) in [5, 5.41) is 4.66. The normalized spacial score (nSPS) is 12.8. The number of hydrogen-bond acceptors (Lipinski definition) is 2. The molecule has 0 bridgehead atoms. The first-order valence-electron chi connectivity index (χ1n) is 22.0. The summed E-state index contributed by atoms with van der Waals surface area (Å²) in [6, 6.07) is 88.3. The third-order valence-electron chi connectivity index (χ3n) is 13.4. The zero-order chi connectivity index (χ0) is 42.2. The highest BCUT2D eigenvalue weighted by atomic mass is 16.3. The third-order valence-corrected chi connectivity index (χ3v) is 13.4. The van der Waals surface area contributed by atoms with Gasteiger partial charge in [-0.05, 0) is 106 Å². The number of rotatable bonds is 7. The molecule has 13 rings (SSSR count). The van der Waals surface area contributed by atoms with Gasteiger partial charge in [0.2, 0.25) is 0 Å². The number of nitrogens with zero attached hydrogens (tertiary/aromatic N) is 2. The maximum atomic E-state index is 6.50. The summed E-state index contributed by atoms with van der Waals surface area (Å²) in [6.07, 6.45) is 0. The molecule has 0 amide bonds. The van der Waals surface area contributed by atoms with Crippen LogP contribution in [0.15, 0.2) is 247 Å². The molecule has 0 radical (unpaired) electrons. The lowest BCUT2D eigenvalue weighted by molar-refractivity contribution is 0.670. The second kappa shape index (κ2) is 14.3. The van der Waals surface area contributed by atoms with Crippen molar-refractivity contribution in [1.82, 2.24) is 4.57 Å². The Hall–Kier alpha value is -8.40. The minimum Gasteiger partial charge on any atom is -0.455 e. The molecule has 0 fully saturated rings. The summed E-state index contributed by atoms with van der Waals surface area (Å²) >= 11 is 0. The van der Waals surface area contributed by atoms with Gasteiger partial charge in [-0.3, -0.25) is 0 Å². The molecule has 64 heavy (non-hydrogen) atoms. The number of hydrogen-bond donors (Lipinski definition) is 0. The summed E-state index contributed by atoms with van der Waals surface area (Å²) < 4.78 is 8.91. The van der Waals surface area contributed by atoms with E-state index in [1.807, 2.05) is 12.1 Å². The van der Waals surface area contributed by atoms with Crippen LogP contribution in [0.1, 0.15) is 22.3 Å². The van der Waals surface area contributed by atoms with Crippen LogP contribution in [0.4, 0.5) is 17.1 Å². The Morgan fingerprint density at radius 3 is 1.77 bits per heavy atom. The molecule has 0 spiro atoms. The molecule has 1 aliphatic carbocycles. The molecule has 2 aromatic heterocycles. The van der Waals surface area contributed by atoms with Gasteiger partial charge >= 0.3 is 0 Å². The van der Waals surface area contributed by atoms with Crippen LogP contribution in [-0.2, 0) is 5.41 Å². The van der Waals surface area contributed by atoms with Crippen molar-refractivity contribution in [2.75, 3.05) is 4.90 Å². The highest BCUT2D eigenvalue weighted by Crippen LogP contribution is 2.57. The standard InChI is InChI=1S/C61H40N2O/c1-4-19-42(20-5-1)61(43-21-6-2-7-22-43)55-31-13-10-26-49(55)50-36-34-47(40-56(50)61)62(44-23-8-3-9-24-44)46-35-37-58-54(39-46)51-27-11-14-32-57(51)63(58)45-25-16-18-41(38-45)48-29-17-30-53-52-28-12-15-33-59(52)64-60(48)53/h1-40H. The molecule has 0 unspecified atom stereocenters. The van der Waals surface area contributed by atoms with E-state index in [0.29, 0.717) is 0 Å². The molecular formula is C61H40N2O. The van der Waals surface area contributed by atoms with Crippen molar-refractivity contribution < 1.29 is 4.42 Å². The number of fused-ring (bicyclic) bond motifs is 9. The first-order valence-corrected chi connectivity index (χ1v) is 22.0. The first-order chi connectivity index (χ1) is 31.8. The van der Waals surface area contributed by atoms with Crippen molar-refractivity contribution in [2.45, 2.75) is 5.41 Å². The zero-order valence-electron chi connectivity index (χ0n) is 34.9. The van der Waals surface area contributed by atoms with Gasteiger partial charge in [0.25, 0.3) is 0 Å². The molecule has 1 aliphatic rings. The number of aromatic nitrogens is 1. The first kappa shape index (κ1) is 36.3. The fraction of sp³-hybridized carbons (Fsp3) is 0.0164. The largest absolute Gasteiger partial charge is 0.455 e. The Morgan fingerprint density at radius 2 is 0.953 bits per heavy atom. The van der Waals surface area contributed by atoms with Crippen molar-refractivity contribution in [3.8, 4) is 27.9 Å². The summed E-state index contributed by atoms with van der Waals surface area (Å²) in [5.74, 6) is 0. The predicted octanol–water partition coefficient (Wildman–Crippen LogP) is 16.2. The SMILES string of the molecule is c1ccc(N(c2ccc3c(c2)C(c2ccccc2)(c2ccccc2)c2ccccc2-3)c2ccc3c(c2)c2ccccc2n3-c2cccc(-c3cccc4c3oc3ccccc34)c2)cc1. The molecule has 300 valence electrons. The van der Waals surface area contributed by atoms with Gasteiger partial charge in [0.15, 0.2) is 0 Å². The maximum Gasteiger partial charge on any atom is 0.143 e. The molecule has 3 nitrogen and oxygen atoms in total. The summed E-state index contributed by atoms with van der Waals surface area (Å²) in [7, 11) is 0. The van der Waals surface area contributed by atoms with E-state index in [1.165, 1.54) is 44.2 Å². The van der Waals surface area contributed by atoms with Gasteiger partial charge in [-0.25, -0.2) is 0 Å². The topological polar surface area (TPSA) is 21.3 Å². The molecule has 0 saturated heterocycles. The van der Waals surface area contributed by atoms with Crippen molar-refractivity contribution >= 4 is 60.8 Å². The maximum absolute atomic E-state index is 6.50. The predicted molar refractivity (Wildman–Crippen MR) is 265 cm³/mol. The van der Waals surface area contributed by atoms with Gasteiger partial charge in [-0.2, -0.15) is 0 Å². The lowest BCUT2D eigenvalue weighted by Gasteiger charge is -2.35. The molecule has 2 heterocycles. The third kappa shape index (κ3) is 5.34. The van der Waals surface area contributed by atoms with Gasteiger partial charge in [-0.15, -0.1) is 0 Å². The minimum absolute atomic E-state index is 0.505. The van der Waals surface area contributed by atoms with E-state index in [-0.39, 0.29) is 0 Å². The summed E-state index contributed by atoms with van der Waals surface area (Å²) in [5.41, 5.74) is 17.8. The Labute approximate surface area is 371 Å². The van der Waals surface area contributed by atoms with E-state index < -0.39 is 5.41 Å². The van der Waals surface area contributed by atoms with Gasteiger partial charge in [0.1, 0.15) is 11.2 Å². The van der Waals surface area contributed by atoms with Crippen molar-refractivity contribution in [3.05, 3.63) is 265 Å². The van der Waals surface area contributed by atoms with Gasteiger partial charge in [0.05, 0.1) is 16.4 Å². The summed E-state index contributed by atoms with van der Waals surface area (Å²) in [4.78, 5) is 2.42. The van der Waals surface area contributed by atoms with E-state index in [4.69, 9.17) is 4.42 Å². The average molecular weight is 817 g/mol. The van der Waals surface area contributed by atoms with Crippen LogP contribution < -0.4 is 4.90 Å². The highest BCUT2D eigenvalue weighted by Gasteiger charge is 2.46. The minimum atomic E-state index is -0.505. The summed E-state index contributed by atoms with van der Waals surface area (Å²) in [6.45, 7) is 0. The molecule has 10 aromatic carbocycles. The number of anilines is 3. The lowest BCUT2D eigenvalue weighted by Crippen LogP contribution is -2.28. The fourth-order valence-electron chi connectivity index (χ4n) is 10.8. The van der Waals surface area contributed by atoms with Crippen LogP contribution in [0.25, 0.3) is 71.7 Å². The smallest absolute Gasteiger partial charge is 0.143 e. The van der Waals surface area contributed by atoms with Crippen LogP contribution in [0.2, 0.25) is 0 Å². The molecule has 0 N–H and O–H groups in total. The monoisotopic (exact) mass is 816 g/mol. The van der Waals surface area contributed by atoms with E-state index in [9.17, 15) is 0 Å². The Morgan fingerprint density at radius 1 is 0.359 bits per heavy atom. The van der Waals surface area contributed by atoms with Crippen LogP contribution in [0.5, 0.6) is 0 Å². The van der Waals surface area contributed by atoms with Gasteiger partial charge in [0, 0.05) is 49.9 Å². The fourth-order valence-corrected chi connectivity index (χ4v) is 10.8. The van der Waals surface area contributed by atoms with E-state index in [2.05, 4.69) is 240 Å². The second-order valence-corrected chi connectivity index (χ2v) is 16.8. The van der Waals surface area contributed by atoms with Crippen molar-refractivity contribution in [2.24, 2.45) is 0 Å². The average Bonchev–Trinajstić information content (AvgIpc) is 4.01. The van der Waals surface area contributed by atoms with Crippen molar-refractivity contribution in [3.63, 3.8) is 0 Å². The molecule has 3 heteroatoms. The molecular weight excluding hydrogens is 777 g/mol. The molecule has 12 aromatic rings. The van der Waals surface area contributed by atoms with Crippen LogP contribution in [0.3, 0.4) is 0 Å². The highest BCUT2D eigenvalue weighted by molar-refractivity contribution is 6.12. The second-order valence-electron chi connectivity index (χ2n) is 16.8. The Kier molecular flexibility index (Phi) is 8.13. The number of benzene rings is 10. The molecule has 0 atom stereocenters. The van der Waals surface area contributed by atoms with E-state index in [1.54, 1.807) is 0 Å². The van der Waals surface area contributed by atoms with E-state index >= 15 is 0 Å². The van der Waals surface area contributed by atoms with Crippen LogP contribution in [0, 0.1) is 0 Å². The number of para-hydroxylation sites is 4. The molecule has 0 saturated carbocycles. The quantitative estimate of drug-likeness (QED) is 0.160.